The van der Waals surface area contributed by atoms with Gasteiger partial charge in [0.25, 0.3) is 5.56 Å². The van der Waals surface area contributed by atoms with Crippen LogP contribution in [0.25, 0.3) is 10.9 Å². The van der Waals surface area contributed by atoms with E-state index < -0.39 is 0 Å². The van der Waals surface area contributed by atoms with Crippen LogP contribution in [-0.4, -0.2) is 27.9 Å². The van der Waals surface area contributed by atoms with Crippen molar-refractivity contribution in [2.45, 2.75) is 50.5 Å². The number of fused-ring (bicyclic) bond motifs is 1. The van der Waals surface area contributed by atoms with Gasteiger partial charge in [-0.25, -0.2) is 0 Å². The summed E-state index contributed by atoms with van der Waals surface area (Å²) in [6.07, 6.45) is 7.93. The van der Waals surface area contributed by atoms with E-state index >= 15 is 0 Å². The Balaban J connectivity index is 1.47. The van der Waals surface area contributed by atoms with E-state index in [0.717, 1.165) is 50.0 Å². The quantitative estimate of drug-likeness (QED) is 0.592. The van der Waals surface area contributed by atoms with Gasteiger partial charge in [-0.1, -0.05) is 25.0 Å². The summed E-state index contributed by atoms with van der Waals surface area (Å²) >= 11 is 0. The molecule has 31 heavy (non-hydrogen) atoms. The van der Waals surface area contributed by atoms with Gasteiger partial charge in [0.1, 0.15) is 5.39 Å². The van der Waals surface area contributed by atoms with Crippen molar-refractivity contribution in [1.82, 2.24) is 20.1 Å². The average molecular weight is 417 g/mol. The van der Waals surface area contributed by atoms with Gasteiger partial charge in [-0.15, -0.1) is 0 Å². The molecule has 1 aliphatic carbocycles. The van der Waals surface area contributed by atoms with Gasteiger partial charge >= 0.3 is 0 Å². The summed E-state index contributed by atoms with van der Waals surface area (Å²) in [5.74, 6) is 1.08. The standard InChI is InChI=1S/C24H28N6O/c25-15-18-3-1-2-4-20(18)30-21-11-14-27-24(31)22(21)23(29-30)28-19-7-5-16(6-8-19)17-9-12-26-13-10-17/h5-8,11,14,17-18,20,26H,1-4,9-10,12-13H2,(H,27,31)(H,28,29). The number of hydrogen-bond donors (Lipinski definition) is 3. The van der Waals surface area contributed by atoms with Crippen molar-refractivity contribution in [2.24, 2.45) is 5.92 Å². The number of nitrogens with one attached hydrogen (secondary N) is 3. The Morgan fingerprint density at radius 2 is 1.84 bits per heavy atom. The summed E-state index contributed by atoms with van der Waals surface area (Å²) < 4.78 is 1.91. The predicted molar refractivity (Wildman–Crippen MR) is 122 cm³/mol. The molecule has 1 aliphatic heterocycles. The third kappa shape index (κ3) is 3.84. The zero-order valence-electron chi connectivity index (χ0n) is 17.6. The van der Waals surface area contributed by atoms with E-state index in [4.69, 9.17) is 5.10 Å². The number of benzene rings is 1. The van der Waals surface area contributed by atoms with Crippen LogP contribution in [0.15, 0.2) is 41.3 Å². The fourth-order valence-electron chi connectivity index (χ4n) is 5.12. The second-order valence-corrected chi connectivity index (χ2v) is 8.72. The molecule has 1 saturated heterocycles. The minimum atomic E-state index is -0.165. The first-order valence-electron chi connectivity index (χ1n) is 11.3. The van der Waals surface area contributed by atoms with Gasteiger partial charge in [0, 0.05) is 11.9 Å². The molecule has 2 unspecified atom stereocenters. The number of H-pyrrole nitrogens is 1. The summed E-state index contributed by atoms with van der Waals surface area (Å²) in [5.41, 5.74) is 2.89. The first kappa shape index (κ1) is 19.8. The van der Waals surface area contributed by atoms with Crippen molar-refractivity contribution in [2.75, 3.05) is 18.4 Å². The number of anilines is 2. The second-order valence-electron chi connectivity index (χ2n) is 8.72. The lowest BCUT2D eigenvalue weighted by Crippen LogP contribution is -2.26. The first-order chi connectivity index (χ1) is 15.2. The lowest BCUT2D eigenvalue weighted by molar-refractivity contribution is 0.277. The molecule has 7 nitrogen and oxygen atoms in total. The number of piperidine rings is 1. The molecule has 1 aromatic carbocycles. The smallest absolute Gasteiger partial charge is 0.261 e. The van der Waals surface area contributed by atoms with Crippen molar-refractivity contribution in [3.63, 3.8) is 0 Å². The van der Waals surface area contributed by atoms with Crippen LogP contribution >= 0.6 is 0 Å². The highest BCUT2D eigenvalue weighted by atomic mass is 16.1. The molecule has 3 N–H and O–H groups in total. The fraction of sp³-hybridized carbons (Fsp3) is 0.458. The molecule has 160 valence electrons. The van der Waals surface area contributed by atoms with E-state index in [1.54, 1.807) is 6.20 Å². The van der Waals surface area contributed by atoms with Crippen LogP contribution in [0.4, 0.5) is 11.5 Å². The Morgan fingerprint density at radius 1 is 1.06 bits per heavy atom. The molecule has 5 rings (SSSR count). The molecule has 7 heteroatoms. The summed E-state index contributed by atoms with van der Waals surface area (Å²) in [6.45, 7) is 2.14. The number of nitrogens with zero attached hydrogens (tertiary/aromatic N) is 3. The van der Waals surface area contributed by atoms with Crippen LogP contribution in [-0.2, 0) is 0 Å². The largest absolute Gasteiger partial charge is 0.338 e. The van der Waals surface area contributed by atoms with Gasteiger partial charge in [-0.3, -0.25) is 9.48 Å². The van der Waals surface area contributed by atoms with Crippen molar-refractivity contribution < 1.29 is 0 Å². The highest BCUT2D eigenvalue weighted by Gasteiger charge is 2.29. The number of rotatable bonds is 4. The van der Waals surface area contributed by atoms with E-state index in [9.17, 15) is 10.1 Å². The van der Waals surface area contributed by atoms with Crippen LogP contribution in [0.5, 0.6) is 0 Å². The van der Waals surface area contributed by atoms with E-state index in [0.29, 0.717) is 17.1 Å². The lowest BCUT2D eigenvalue weighted by atomic mass is 9.85. The van der Waals surface area contributed by atoms with Gasteiger partial charge in [0.15, 0.2) is 5.82 Å². The van der Waals surface area contributed by atoms with Crippen LogP contribution in [0, 0.1) is 17.2 Å². The SMILES string of the molecule is N#CC1CCCCC1n1nc(Nc2ccc(C3CCNCC3)cc2)c2c(=O)[nH]ccc21. The Labute approximate surface area is 181 Å². The van der Waals surface area contributed by atoms with Crippen molar-refractivity contribution in [1.29, 1.82) is 5.26 Å². The van der Waals surface area contributed by atoms with Crippen LogP contribution in [0.2, 0.25) is 0 Å². The minimum Gasteiger partial charge on any atom is -0.338 e. The maximum absolute atomic E-state index is 12.7. The van der Waals surface area contributed by atoms with Gasteiger partial charge in [0.05, 0.1) is 23.5 Å². The third-order valence-corrected chi connectivity index (χ3v) is 6.82. The van der Waals surface area contributed by atoms with Crippen LogP contribution < -0.4 is 16.2 Å². The Morgan fingerprint density at radius 3 is 2.61 bits per heavy atom. The first-order valence-corrected chi connectivity index (χ1v) is 11.3. The van der Waals surface area contributed by atoms with Gasteiger partial charge in [0.2, 0.25) is 0 Å². The molecular formula is C24H28N6O. The van der Waals surface area contributed by atoms with Crippen molar-refractivity contribution in [3.05, 3.63) is 52.4 Å². The highest BCUT2D eigenvalue weighted by Crippen LogP contribution is 2.36. The fourth-order valence-corrected chi connectivity index (χ4v) is 5.12. The molecule has 3 heterocycles. The van der Waals surface area contributed by atoms with Gasteiger partial charge in [-0.2, -0.15) is 10.4 Å². The number of pyridine rings is 1. The molecule has 2 fully saturated rings. The maximum Gasteiger partial charge on any atom is 0.261 e. The molecule has 0 bridgehead atoms. The summed E-state index contributed by atoms with van der Waals surface area (Å²) in [7, 11) is 0. The van der Waals surface area contributed by atoms with Crippen molar-refractivity contribution >= 4 is 22.4 Å². The molecule has 0 spiro atoms. The Hall–Kier alpha value is -3.11. The predicted octanol–water partition coefficient (Wildman–Crippen LogP) is 4.19. The molecule has 2 atom stereocenters. The summed E-state index contributed by atoms with van der Waals surface area (Å²) in [5, 5.41) is 21.8. The van der Waals surface area contributed by atoms with Gasteiger partial charge in [-0.05, 0) is 68.5 Å². The summed E-state index contributed by atoms with van der Waals surface area (Å²) in [6, 6.07) is 12.8. The van der Waals surface area contributed by atoms with E-state index in [1.165, 1.54) is 18.4 Å². The minimum absolute atomic E-state index is 0.000821. The number of hydrogen-bond acceptors (Lipinski definition) is 5. The zero-order chi connectivity index (χ0) is 21.2. The van der Waals surface area contributed by atoms with E-state index in [-0.39, 0.29) is 17.5 Å². The van der Waals surface area contributed by atoms with Crippen LogP contribution in [0.1, 0.15) is 56.0 Å². The maximum atomic E-state index is 12.7. The number of nitriles is 1. The normalized spacial score (nSPS) is 22.3. The molecular weight excluding hydrogens is 388 g/mol. The Bertz CT molecular complexity index is 1150. The monoisotopic (exact) mass is 416 g/mol. The van der Waals surface area contributed by atoms with E-state index in [2.05, 4.69) is 46.0 Å². The lowest BCUT2D eigenvalue weighted by Gasteiger charge is -2.27. The average Bonchev–Trinajstić information content (AvgIpc) is 3.19. The third-order valence-electron chi connectivity index (χ3n) is 6.82. The highest BCUT2D eigenvalue weighted by molar-refractivity contribution is 5.91. The molecule has 2 aliphatic rings. The van der Waals surface area contributed by atoms with Crippen molar-refractivity contribution in [3.8, 4) is 6.07 Å². The zero-order valence-corrected chi connectivity index (χ0v) is 17.6. The Kier molecular flexibility index (Phi) is 5.47. The summed E-state index contributed by atoms with van der Waals surface area (Å²) in [4.78, 5) is 15.5. The molecule has 3 aromatic rings. The topological polar surface area (TPSA) is 98.5 Å². The molecule has 1 saturated carbocycles. The molecule has 0 radical (unpaired) electrons. The van der Waals surface area contributed by atoms with E-state index in [1.807, 2.05) is 10.7 Å². The van der Waals surface area contributed by atoms with Crippen LogP contribution in [0.3, 0.4) is 0 Å². The second kappa shape index (κ2) is 8.56. The number of aromatic nitrogens is 3. The number of aromatic amines is 1. The van der Waals surface area contributed by atoms with Gasteiger partial charge < -0.3 is 15.6 Å². The molecule has 2 aromatic heterocycles. The molecule has 0 amide bonds.